The lowest BCUT2D eigenvalue weighted by molar-refractivity contribution is -0.139. The van der Waals surface area contributed by atoms with Crippen molar-refractivity contribution in [1.29, 1.82) is 0 Å². The molecule has 1 aliphatic rings. The number of aromatic nitrogens is 2. The Morgan fingerprint density at radius 2 is 1.86 bits per heavy atom. The number of hydrogen-bond acceptors (Lipinski definition) is 5. The number of methoxy groups -OCH3 is 1. The van der Waals surface area contributed by atoms with Crippen molar-refractivity contribution in [2.45, 2.75) is 32.4 Å². The zero-order valence-corrected chi connectivity index (χ0v) is 19.4. The first-order chi connectivity index (χ1) is 17.1. The maximum Gasteiger partial charge on any atom is 0.421 e. The van der Waals surface area contributed by atoms with Gasteiger partial charge in [0.1, 0.15) is 11.4 Å². The first-order valence-corrected chi connectivity index (χ1v) is 11.0. The van der Waals surface area contributed by atoms with Gasteiger partial charge in [-0.05, 0) is 29.3 Å². The third kappa shape index (κ3) is 5.12. The van der Waals surface area contributed by atoms with E-state index in [0.717, 1.165) is 24.6 Å². The number of carbonyl (C=O) groups is 2. The van der Waals surface area contributed by atoms with Gasteiger partial charge in [0.2, 0.25) is 11.8 Å². The van der Waals surface area contributed by atoms with Crippen LogP contribution in [0.2, 0.25) is 0 Å². The van der Waals surface area contributed by atoms with Crippen LogP contribution in [0.3, 0.4) is 0 Å². The number of nitrogens with zero attached hydrogens (tertiary/aromatic N) is 2. The highest BCUT2D eigenvalue weighted by Crippen LogP contribution is 2.36. The standard InChI is InChI=1S/C26H21F4N3O3/c1-3-23(34)18-6-7-22-19(18)8-16(12-31-22)14-4-5-15(21(27)9-14)10-24(35)33-17-11-20(26(28,29)30)25(36-2)32-13-17/h4-6,8-9,11-13H,3,7,10H2,1-2H3,(H,33,35). The second-order valence-corrected chi connectivity index (χ2v) is 8.13. The van der Waals surface area contributed by atoms with Gasteiger partial charge in [0, 0.05) is 35.7 Å². The molecule has 3 aromatic rings. The largest absolute Gasteiger partial charge is 0.481 e. The Morgan fingerprint density at radius 3 is 2.53 bits per heavy atom. The van der Waals surface area contributed by atoms with Gasteiger partial charge in [0.15, 0.2) is 5.78 Å². The summed E-state index contributed by atoms with van der Waals surface area (Å²) in [5.74, 6) is -1.99. The second-order valence-electron chi connectivity index (χ2n) is 8.13. The number of rotatable bonds is 7. The fraction of sp³-hybridized carbons (Fsp3) is 0.231. The van der Waals surface area contributed by atoms with E-state index in [2.05, 4.69) is 20.0 Å². The molecule has 1 amide bonds. The van der Waals surface area contributed by atoms with Crippen molar-refractivity contribution in [1.82, 2.24) is 9.97 Å². The SMILES string of the molecule is CCC(=O)C1=CCc2ncc(-c3ccc(CC(=O)Nc4cnc(OC)c(C(F)(F)F)c4)c(F)c3)cc21. The summed E-state index contributed by atoms with van der Waals surface area (Å²) in [6.45, 7) is 1.78. The molecule has 4 rings (SSSR count). The van der Waals surface area contributed by atoms with E-state index in [9.17, 15) is 27.2 Å². The maximum absolute atomic E-state index is 14.8. The Hall–Kier alpha value is -4.08. The third-order valence-electron chi connectivity index (χ3n) is 5.75. The predicted molar refractivity (Wildman–Crippen MR) is 125 cm³/mol. The van der Waals surface area contributed by atoms with Gasteiger partial charge >= 0.3 is 6.18 Å². The zero-order chi connectivity index (χ0) is 26.0. The summed E-state index contributed by atoms with van der Waals surface area (Å²) in [6, 6.07) is 6.80. The number of ether oxygens (including phenoxy) is 1. The summed E-state index contributed by atoms with van der Waals surface area (Å²) in [4.78, 5) is 32.6. The van der Waals surface area contributed by atoms with Crippen LogP contribution in [0, 0.1) is 5.82 Å². The van der Waals surface area contributed by atoms with Crippen LogP contribution < -0.4 is 10.1 Å². The molecule has 2 aromatic heterocycles. The van der Waals surface area contributed by atoms with E-state index in [1.807, 2.05) is 6.08 Å². The normalized spacial score (nSPS) is 12.7. The average molecular weight is 499 g/mol. The monoisotopic (exact) mass is 499 g/mol. The molecule has 10 heteroatoms. The lowest BCUT2D eigenvalue weighted by atomic mass is 9.98. The molecule has 0 atom stereocenters. The van der Waals surface area contributed by atoms with Gasteiger partial charge in [-0.25, -0.2) is 9.37 Å². The van der Waals surface area contributed by atoms with Gasteiger partial charge in [0.25, 0.3) is 0 Å². The minimum atomic E-state index is -4.73. The van der Waals surface area contributed by atoms with E-state index in [1.54, 1.807) is 25.3 Å². The van der Waals surface area contributed by atoms with E-state index < -0.39 is 35.8 Å². The predicted octanol–water partition coefficient (Wildman–Crippen LogP) is 5.41. The van der Waals surface area contributed by atoms with Gasteiger partial charge in [0.05, 0.1) is 31.1 Å². The molecule has 0 aliphatic heterocycles. The van der Waals surface area contributed by atoms with Crippen LogP contribution in [0.5, 0.6) is 5.88 Å². The molecule has 186 valence electrons. The smallest absolute Gasteiger partial charge is 0.421 e. The van der Waals surface area contributed by atoms with Crippen LogP contribution >= 0.6 is 0 Å². The molecule has 1 aliphatic carbocycles. The van der Waals surface area contributed by atoms with Gasteiger partial charge in [-0.2, -0.15) is 13.2 Å². The number of fused-ring (bicyclic) bond motifs is 1. The minimum Gasteiger partial charge on any atom is -0.481 e. The Labute approximate surface area is 204 Å². The molecular weight excluding hydrogens is 478 g/mol. The van der Waals surface area contributed by atoms with Gasteiger partial charge in [-0.3, -0.25) is 14.6 Å². The van der Waals surface area contributed by atoms with Gasteiger partial charge in [-0.1, -0.05) is 25.1 Å². The minimum absolute atomic E-state index is 0.00894. The molecular formula is C26H21F4N3O3. The highest BCUT2D eigenvalue weighted by atomic mass is 19.4. The number of carbonyl (C=O) groups excluding carboxylic acids is 2. The van der Waals surface area contributed by atoms with Crippen LogP contribution in [-0.4, -0.2) is 28.8 Å². The first kappa shape index (κ1) is 25.0. The van der Waals surface area contributed by atoms with E-state index in [4.69, 9.17) is 0 Å². The average Bonchev–Trinajstić information content (AvgIpc) is 3.27. The molecule has 1 N–H and O–H groups in total. The fourth-order valence-corrected chi connectivity index (χ4v) is 3.94. The van der Waals surface area contributed by atoms with Crippen LogP contribution in [0.4, 0.5) is 23.2 Å². The van der Waals surface area contributed by atoms with Crippen LogP contribution in [0.1, 0.15) is 35.7 Å². The molecule has 2 heterocycles. The number of pyridine rings is 2. The summed E-state index contributed by atoms with van der Waals surface area (Å²) in [7, 11) is 1.06. The molecule has 0 unspecified atom stereocenters. The Morgan fingerprint density at radius 1 is 1.08 bits per heavy atom. The van der Waals surface area contributed by atoms with Crippen molar-refractivity contribution >= 4 is 23.0 Å². The third-order valence-corrected chi connectivity index (χ3v) is 5.75. The number of Topliss-reactive ketones (excluding diaryl/α,β-unsaturated/α-hetero) is 1. The molecule has 0 radical (unpaired) electrons. The van der Waals surface area contributed by atoms with Crippen LogP contribution in [-0.2, 0) is 28.6 Å². The second kappa shape index (κ2) is 9.88. The van der Waals surface area contributed by atoms with Crippen molar-refractivity contribution < 1.29 is 31.9 Å². The van der Waals surface area contributed by atoms with E-state index in [-0.39, 0.29) is 17.0 Å². The highest BCUT2D eigenvalue weighted by molar-refractivity contribution is 6.22. The highest BCUT2D eigenvalue weighted by Gasteiger charge is 2.35. The van der Waals surface area contributed by atoms with Crippen molar-refractivity contribution in [2.75, 3.05) is 12.4 Å². The summed E-state index contributed by atoms with van der Waals surface area (Å²) >= 11 is 0. The Kier molecular flexibility index (Phi) is 6.87. The summed E-state index contributed by atoms with van der Waals surface area (Å²) in [5.41, 5.74) is 1.97. The summed E-state index contributed by atoms with van der Waals surface area (Å²) in [6.07, 6.45) is 0.262. The van der Waals surface area contributed by atoms with E-state index in [1.165, 1.54) is 12.1 Å². The van der Waals surface area contributed by atoms with E-state index in [0.29, 0.717) is 35.6 Å². The number of amides is 1. The topological polar surface area (TPSA) is 81.2 Å². The number of allylic oxidation sites excluding steroid dienone is 2. The quantitative estimate of drug-likeness (QED) is 0.440. The molecule has 0 fully saturated rings. The first-order valence-electron chi connectivity index (χ1n) is 11.0. The Balaban J connectivity index is 1.50. The van der Waals surface area contributed by atoms with Crippen molar-refractivity contribution in [2.24, 2.45) is 0 Å². The number of hydrogen-bond donors (Lipinski definition) is 1. The van der Waals surface area contributed by atoms with E-state index >= 15 is 0 Å². The van der Waals surface area contributed by atoms with Gasteiger partial charge < -0.3 is 10.1 Å². The summed E-state index contributed by atoms with van der Waals surface area (Å²) in [5, 5.41) is 2.31. The number of anilines is 1. The van der Waals surface area contributed by atoms with Gasteiger partial charge in [-0.15, -0.1) is 0 Å². The molecule has 0 saturated carbocycles. The number of ketones is 1. The van der Waals surface area contributed by atoms with Crippen LogP contribution in [0.25, 0.3) is 16.7 Å². The zero-order valence-electron chi connectivity index (χ0n) is 19.4. The number of alkyl halides is 3. The molecule has 6 nitrogen and oxygen atoms in total. The molecule has 1 aromatic carbocycles. The van der Waals surface area contributed by atoms with Crippen molar-refractivity contribution in [3.63, 3.8) is 0 Å². The lowest BCUT2D eigenvalue weighted by Gasteiger charge is -2.13. The molecule has 36 heavy (non-hydrogen) atoms. The maximum atomic E-state index is 14.8. The van der Waals surface area contributed by atoms with Crippen molar-refractivity contribution in [3.05, 3.63) is 77.0 Å². The van der Waals surface area contributed by atoms with Crippen molar-refractivity contribution in [3.8, 4) is 17.0 Å². The molecule has 0 spiro atoms. The number of halogens is 4. The number of benzene rings is 1. The Bertz CT molecular complexity index is 1380. The lowest BCUT2D eigenvalue weighted by Crippen LogP contribution is -2.17. The molecule has 0 bridgehead atoms. The summed E-state index contributed by atoms with van der Waals surface area (Å²) < 4.78 is 59.0. The molecule has 0 saturated heterocycles. The van der Waals surface area contributed by atoms with Crippen LogP contribution in [0.15, 0.2) is 48.8 Å². The fourth-order valence-electron chi connectivity index (χ4n) is 3.94. The number of nitrogens with one attached hydrogen (secondary N) is 1.